The number of amides is 2. The standard InChI is InChI=1S/C23H25ClN3O2/c1-26(2)12-11-23(9-10-23)16-5-3-15(4-6-16)14-27-20(21(25)28)18-8-7-17(24)13-19(18)22(27)29/h3-7,13,20H,9-12,14H2,1-2H3,(H2,25,28). The molecule has 6 heteroatoms. The number of rotatable bonds is 7. The van der Waals surface area contributed by atoms with Crippen molar-refractivity contribution in [3.63, 3.8) is 0 Å². The zero-order valence-corrected chi connectivity index (χ0v) is 17.5. The van der Waals surface area contributed by atoms with Gasteiger partial charge in [0.1, 0.15) is 6.04 Å². The highest BCUT2D eigenvalue weighted by atomic mass is 35.5. The second-order valence-electron chi connectivity index (χ2n) is 8.41. The molecular formula is C23H25ClN3O2. The van der Waals surface area contributed by atoms with Crippen molar-refractivity contribution in [2.24, 2.45) is 5.73 Å². The SMILES string of the molecule is CN(C)CCC1(c2ccc(CN3C(=O)c4cc(Cl)c[c]c4C3C(N)=O)cc2)CC1. The van der Waals surface area contributed by atoms with Crippen LogP contribution in [-0.4, -0.2) is 42.3 Å². The number of hydrogen-bond acceptors (Lipinski definition) is 3. The van der Waals surface area contributed by atoms with Crippen LogP contribution in [0.3, 0.4) is 0 Å². The highest BCUT2D eigenvalue weighted by Gasteiger charge is 2.44. The van der Waals surface area contributed by atoms with E-state index in [9.17, 15) is 9.59 Å². The number of hydrogen-bond donors (Lipinski definition) is 1. The first-order valence-corrected chi connectivity index (χ1v) is 10.2. The predicted octanol–water partition coefficient (Wildman–Crippen LogP) is 3.31. The summed E-state index contributed by atoms with van der Waals surface area (Å²) in [6.45, 7) is 1.39. The zero-order valence-electron chi connectivity index (χ0n) is 16.7. The fraction of sp³-hybridized carbons (Fsp3) is 0.391. The maximum Gasteiger partial charge on any atom is 0.255 e. The van der Waals surface area contributed by atoms with E-state index in [0.717, 1.165) is 18.5 Å². The zero-order chi connectivity index (χ0) is 20.8. The molecule has 1 radical (unpaired) electrons. The van der Waals surface area contributed by atoms with Crippen LogP contribution in [0.4, 0.5) is 0 Å². The van der Waals surface area contributed by atoms with Crippen LogP contribution < -0.4 is 5.73 Å². The first kappa shape index (κ1) is 19.9. The predicted molar refractivity (Wildman–Crippen MR) is 113 cm³/mol. The number of fused-ring (bicyclic) bond motifs is 1. The van der Waals surface area contributed by atoms with Gasteiger partial charge in [-0.3, -0.25) is 9.59 Å². The molecule has 1 atom stereocenters. The van der Waals surface area contributed by atoms with Gasteiger partial charge < -0.3 is 15.5 Å². The second-order valence-corrected chi connectivity index (χ2v) is 8.85. The van der Waals surface area contributed by atoms with E-state index < -0.39 is 11.9 Å². The molecule has 2 aromatic carbocycles. The van der Waals surface area contributed by atoms with Gasteiger partial charge in [-0.25, -0.2) is 0 Å². The van der Waals surface area contributed by atoms with E-state index in [4.69, 9.17) is 17.3 Å². The van der Waals surface area contributed by atoms with Crippen molar-refractivity contribution in [1.82, 2.24) is 9.80 Å². The lowest BCUT2D eigenvalue weighted by atomic mass is 9.91. The van der Waals surface area contributed by atoms with Gasteiger partial charge in [0.15, 0.2) is 0 Å². The lowest BCUT2D eigenvalue weighted by molar-refractivity contribution is -0.122. The Morgan fingerprint density at radius 2 is 2.00 bits per heavy atom. The molecule has 2 N–H and O–H groups in total. The smallest absolute Gasteiger partial charge is 0.255 e. The molecule has 1 heterocycles. The van der Waals surface area contributed by atoms with E-state index in [-0.39, 0.29) is 5.91 Å². The molecule has 29 heavy (non-hydrogen) atoms. The summed E-state index contributed by atoms with van der Waals surface area (Å²) in [7, 11) is 4.20. The van der Waals surface area contributed by atoms with E-state index in [1.54, 1.807) is 12.1 Å². The average Bonchev–Trinajstić information content (AvgIpc) is 3.42. The Balaban J connectivity index is 1.53. The van der Waals surface area contributed by atoms with Crippen molar-refractivity contribution in [2.45, 2.75) is 37.3 Å². The number of nitrogens with two attached hydrogens (primary N) is 1. The van der Waals surface area contributed by atoms with E-state index in [0.29, 0.717) is 28.1 Å². The van der Waals surface area contributed by atoms with E-state index in [1.807, 2.05) is 0 Å². The number of primary amides is 1. The minimum atomic E-state index is -0.815. The summed E-state index contributed by atoms with van der Waals surface area (Å²) in [5.74, 6) is -0.802. The Bertz CT molecular complexity index is 951. The Morgan fingerprint density at radius 3 is 2.59 bits per heavy atom. The Morgan fingerprint density at radius 1 is 1.31 bits per heavy atom. The molecule has 0 aromatic heterocycles. The highest BCUT2D eigenvalue weighted by molar-refractivity contribution is 6.31. The minimum absolute atomic E-state index is 0.240. The van der Waals surface area contributed by atoms with Crippen molar-refractivity contribution in [2.75, 3.05) is 20.6 Å². The highest BCUT2D eigenvalue weighted by Crippen LogP contribution is 2.51. The van der Waals surface area contributed by atoms with Gasteiger partial charge in [0.2, 0.25) is 5.91 Å². The van der Waals surface area contributed by atoms with Crippen LogP contribution in [0.1, 0.15) is 52.4 Å². The van der Waals surface area contributed by atoms with Crippen LogP contribution in [0.2, 0.25) is 5.02 Å². The molecule has 0 spiro atoms. The molecule has 1 aliphatic heterocycles. The fourth-order valence-electron chi connectivity index (χ4n) is 4.20. The van der Waals surface area contributed by atoms with Crippen molar-refractivity contribution >= 4 is 23.4 Å². The minimum Gasteiger partial charge on any atom is -0.368 e. The third-order valence-corrected chi connectivity index (χ3v) is 6.31. The Kier molecular flexibility index (Phi) is 5.13. The summed E-state index contributed by atoms with van der Waals surface area (Å²) < 4.78 is 0. The number of carbonyl (C=O) groups excluding carboxylic acids is 2. The molecule has 5 nitrogen and oxygen atoms in total. The van der Waals surface area contributed by atoms with Crippen LogP contribution in [0.25, 0.3) is 0 Å². The molecular weight excluding hydrogens is 386 g/mol. The van der Waals surface area contributed by atoms with Gasteiger partial charge in [-0.05, 0) is 74.6 Å². The van der Waals surface area contributed by atoms with Crippen LogP contribution in [0.15, 0.2) is 36.4 Å². The normalized spacial score (nSPS) is 19.5. The van der Waals surface area contributed by atoms with Crippen molar-refractivity contribution in [3.8, 4) is 0 Å². The molecule has 0 saturated heterocycles. The van der Waals surface area contributed by atoms with Gasteiger partial charge in [-0.15, -0.1) is 0 Å². The number of nitrogens with zero attached hydrogens (tertiary/aromatic N) is 2. The monoisotopic (exact) mass is 410 g/mol. The van der Waals surface area contributed by atoms with Crippen LogP contribution in [0, 0.1) is 6.07 Å². The van der Waals surface area contributed by atoms with E-state index in [1.165, 1.54) is 23.3 Å². The fourth-order valence-corrected chi connectivity index (χ4v) is 4.37. The molecule has 1 saturated carbocycles. The molecule has 1 unspecified atom stereocenters. The summed E-state index contributed by atoms with van der Waals surface area (Å²) in [6, 6.07) is 13.7. The topological polar surface area (TPSA) is 66.6 Å². The van der Waals surface area contributed by atoms with Gasteiger partial charge >= 0.3 is 0 Å². The molecule has 2 aromatic rings. The van der Waals surface area contributed by atoms with Crippen LogP contribution in [0.5, 0.6) is 0 Å². The first-order chi connectivity index (χ1) is 13.8. The van der Waals surface area contributed by atoms with Gasteiger partial charge in [0.05, 0.1) is 0 Å². The summed E-state index contributed by atoms with van der Waals surface area (Å²) in [5.41, 5.74) is 9.14. The molecule has 0 bridgehead atoms. The summed E-state index contributed by atoms with van der Waals surface area (Å²) >= 11 is 6.01. The summed E-state index contributed by atoms with van der Waals surface area (Å²) in [5, 5.41) is 0.416. The van der Waals surface area contributed by atoms with Crippen molar-refractivity contribution in [1.29, 1.82) is 0 Å². The largest absolute Gasteiger partial charge is 0.368 e. The summed E-state index contributed by atoms with van der Waals surface area (Å²) in [4.78, 5) is 28.7. The van der Waals surface area contributed by atoms with Gasteiger partial charge in [0, 0.05) is 22.7 Å². The second kappa shape index (κ2) is 7.47. The van der Waals surface area contributed by atoms with Crippen LogP contribution in [-0.2, 0) is 16.8 Å². The third-order valence-electron chi connectivity index (χ3n) is 6.09. The molecule has 4 rings (SSSR count). The maximum absolute atomic E-state index is 12.9. The van der Waals surface area contributed by atoms with Crippen molar-refractivity contribution in [3.05, 3.63) is 69.7 Å². The molecule has 2 aliphatic rings. The van der Waals surface area contributed by atoms with Gasteiger partial charge in [-0.2, -0.15) is 0 Å². The molecule has 1 aliphatic carbocycles. The Labute approximate surface area is 176 Å². The average molecular weight is 411 g/mol. The van der Waals surface area contributed by atoms with Crippen LogP contribution >= 0.6 is 11.6 Å². The van der Waals surface area contributed by atoms with E-state index in [2.05, 4.69) is 49.3 Å². The lowest BCUT2D eigenvalue weighted by Crippen LogP contribution is -2.35. The molecule has 1 fully saturated rings. The Hall–Kier alpha value is -2.37. The molecule has 2 amide bonds. The first-order valence-electron chi connectivity index (χ1n) is 9.86. The van der Waals surface area contributed by atoms with Crippen molar-refractivity contribution < 1.29 is 9.59 Å². The van der Waals surface area contributed by atoms with E-state index >= 15 is 0 Å². The number of benzene rings is 2. The van der Waals surface area contributed by atoms with Gasteiger partial charge in [0.25, 0.3) is 5.91 Å². The number of halogens is 1. The van der Waals surface area contributed by atoms with Gasteiger partial charge in [-0.1, -0.05) is 35.9 Å². The quantitative estimate of drug-likeness (QED) is 0.761. The molecule has 151 valence electrons. The third kappa shape index (κ3) is 3.77. The summed E-state index contributed by atoms with van der Waals surface area (Å²) in [6.07, 6.45) is 3.60. The lowest BCUT2D eigenvalue weighted by Gasteiger charge is -2.23. The maximum atomic E-state index is 12.9. The number of carbonyl (C=O) groups is 2.